The molecule has 1 amide bonds. The summed E-state index contributed by atoms with van der Waals surface area (Å²) < 4.78 is 0. The monoisotopic (exact) mass is 459 g/mol. The van der Waals surface area contributed by atoms with E-state index < -0.39 is 0 Å². The molecule has 0 bridgehead atoms. The first kappa shape index (κ1) is 22.1. The molecule has 0 saturated heterocycles. The highest BCUT2D eigenvalue weighted by Crippen LogP contribution is 2.27. The van der Waals surface area contributed by atoms with Gasteiger partial charge in [-0.2, -0.15) is 0 Å². The first-order chi connectivity index (χ1) is 17.0. The van der Waals surface area contributed by atoms with Crippen LogP contribution in [0.4, 0.5) is 28.4 Å². The number of fused-ring (bicyclic) bond motifs is 1. The van der Waals surface area contributed by atoms with Gasteiger partial charge in [0.1, 0.15) is 0 Å². The van der Waals surface area contributed by atoms with E-state index in [1.807, 2.05) is 79.7 Å². The van der Waals surface area contributed by atoms with Crippen LogP contribution in [-0.2, 0) is 0 Å². The Labute approximate surface area is 204 Å². The molecule has 5 aromatic rings. The largest absolute Gasteiger partial charge is 0.355 e. The van der Waals surface area contributed by atoms with Gasteiger partial charge in [-0.25, -0.2) is 0 Å². The topological polar surface area (TPSA) is 78.9 Å². The number of aryl methyl sites for hydroxylation is 2. The lowest BCUT2D eigenvalue weighted by atomic mass is 10.1. The minimum Gasteiger partial charge on any atom is -0.355 e. The number of aromatic nitrogens is 2. The minimum atomic E-state index is -0.180. The first-order valence-electron chi connectivity index (χ1n) is 11.4. The van der Waals surface area contributed by atoms with E-state index >= 15 is 0 Å². The Morgan fingerprint density at radius 3 is 2.29 bits per heavy atom. The number of benzene rings is 3. The summed E-state index contributed by atoms with van der Waals surface area (Å²) in [5.41, 5.74) is 7.89. The molecular formula is C29H25N5O. The summed E-state index contributed by atoms with van der Waals surface area (Å²) in [6.07, 6.45) is 3.55. The van der Waals surface area contributed by atoms with E-state index in [9.17, 15) is 4.79 Å². The lowest BCUT2D eigenvalue weighted by Gasteiger charge is -2.12. The molecule has 3 aromatic carbocycles. The zero-order valence-corrected chi connectivity index (χ0v) is 19.5. The van der Waals surface area contributed by atoms with Crippen molar-refractivity contribution in [1.29, 1.82) is 0 Å². The maximum atomic E-state index is 13.0. The predicted octanol–water partition coefficient (Wildman–Crippen LogP) is 6.99. The number of hydrogen-bond donors (Lipinski definition) is 3. The highest BCUT2D eigenvalue weighted by Gasteiger charge is 2.09. The van der Waals surface area contributed by atoms with Crippen LogP contribution in [0.15, 0.2) is 97.3 Å². The van der Waals surface area contributed by atoms with Gasteiger partial charge >= 0.3 is 0 Å². The van der Waals surface area contributed by atoms with Crippen LogP contribution in [0.5, 0.6) is 0 Å². The second kappa shape index (κ2) is 9.65. The average molecular weight is 460 g/mol. The number of pyridine rings is 2. The number of nitrogens with zero attached hydrogens (tertiary/aromatic N) is 2. The summed E-state index contributed by atoms with van der Waals surface area (Å²) in [6.45, 7) is 4.01. The van der Waals surface area contributed by atoms with Crippen LogP contribution in [0.25, 0.3) is 10.9 Å². The van der Waals surface area contributed by atoms with Crippen LogP contribution in [-0.4, -0.2) is 15.9 Å². The van der Waals surface area contributed by atoms with E-state index in [0.717, 1.165) is 44.9 Å². The molecule has 0 aliphatic carbocycles. The number of hydrogen-bond acceptors (Lipinski definition) is 5. The third-order valence-electron chi connectivity index (χ3n) is 5.61. The van der Waals surface area contributed by atoms with E-state index in [2.05, 4.69) is 38.9 Å². The Kier molecular flexibility index (Phi) is 6.09. The van der Waals surface area contributed by atoms with Gasteiger partial charge in [0.15, 0.2) is 0 Å². The highest BCUT2D eigenvalue weighted by atomic mass is 16.1. The summed E-state index contributed by atoms with van der Waals surface area (Å²) in [7, 11) is 0. The number of anilines is 5. The smallest absolute Gasteiger partial charge is 0.255 e. The summed E-state index contributed by atoms with van der Waals surface area (Å²) in [4.78, 5) is 21.7. The normalized spacial score (nSPS) is 10.7. The molecule has 0 unspecified atom stereocenters. The molecule has 0 spiro atoms. The third kappa shape index (κ3) is 5.28. The number of nitrogens with one attached hydrogen (secondary N) is 3. The van der Waals surface area contributed by atoms with Crippen molar-refractivity contribution in [3.63, 3.8) is 0 Å². The number of rotatable bonds is 6. The number of carbonyl (C=O) groups is 1. The van der Waals surface area contributed by atoms with Crippen molar-refractivity contribution >= 4 is 45.2 Å². The Balaban J connectivity index is 1.32. The van der Waals surface area contributed by atoms with Gasteiger partial charge in [-0.15, -0.1) is 0 Å². The van der Waals surface area contributed by atoms with Gasteiger partial charge in [0, 0.05) is 57.5 Å². The summed E-state index contributed by atoms with van der Waals surface area (Å²) in [5, 5.41) is 10.8. The van der Waals surface area contributed by atoms with Crippen LogP contribution in [0.2, 0.25) is 0 Å². The van der Waals surface area contributed by atoms with Crippen LogP contribution in [0.1, 0.15) is 21.6 Å². The molecule has 3 N–H and O–H groups in total. The quantitative estimate of drug-likeness (QED) is 0.255. The fraction of sp³-hybridized carbons (Fsp3) is 0.0690. The van der Waals surface area contributed by atoms with E-state index in [4.69, 9.17) is 0 Å². The lowest BCUT2D eigenvalue weighted by Crippen LogP contribution is -2.12. The van der Waals surface area contributed by atoms with E-state index in [1.165, 1.54) is 0 Å². The van der Waals surface area contributed by atoms with Crippen molar-refractivity contribution in [1.82, 2.24) is 9.97 Å². The molecule has 2 aromatic heterocycles. The fourth-order valence-electron chi connectivity index (χ4n) is 3.93. The molecule has 0 atom stereocenters. The average Bonchev–Trinajstić information content (AvgIpc) is 2.85. The molecular weight excluding hydrogens is 434 g/mol. The maximum Gasteiger partial charge on any atom is 0.255 e. The van der Waals surface area contributed by atoms with Gasteiger partial charge in [-0.1, -0.05) is 23.8 Å². The Morgan fingerprint density at radius 1 is 0.686 bits per heavy atom. The van der Waals surface area contributed by atoms with Gasteiger partial charge in [-0.05, 0) is 80.6 Å². The van der Waals surface area contributed by atoms with Crippen LogP contribution in [0, 0.1) is 13.8 Å². The molecule has 6 heteroatoms. The Bertz CT molecular complexity index is 1530. The summed E-state index contributed by atoms with van der Waals surface area (Å²) in [5.74, 6) is -0.180. The molecule has 0 aliphatic heterocycles. The van der Waals surface area contributed by atoms with Crippen molar-refractivity contribution < 1.29 is 4.79 Å². The molecule has 0 radical (unpaired) electrons. The molecule has 5 rings (SSSR count). The molecule has 0 aliphatic rings. The highest BCUT2D eigenvalue weighted by molar-refractivity contribution is 6.05. The maximum absolute atomic E-state index is 13.0. The zero-order chi connectivity index (χ0) is 24.2. The first-order valence-corrected chi connectivity index (χ1v) is 11.4. The Hall–Kier alpha value is -4.71. The van der Waals surface area contributed by atoms with Gasteiger partial charge in [0.25, 0.3) is 5.91 Å². The molecule has 172 valence electrons. The second-order valence-corrected chi connectivity index (χ2v) is 8.43. The molecule has 35 heavy (non-hydrogen) atoms. The van der Waals surface area contributed by atoms with Crippen LogP contribution >= 0.6 is 0 Å². The summed E-state index contributed by atoms with van der Waals surface area (Å²) in [6, 6.07) is 27.1. The molecule has 0 saturated carbocycles. The van der Waals surface area contributed by atoms with E-state index in [0.29, 0.717) is 11.3 Å². The van der Waals surface area contributed by atoms with Crippen LogP contribution in [0.3, 0.4) is 0 Å². The fourth-order valence-corrected chi connectivity index (χ4v) is 3.93. The molecule has 2 heterocycles. The minimum absolute atomic E-state index is 0.180. The number of amides is 1. The second-order valence-electron chi connectivity index (χ2n) is 8.43. The van der Waals surface area contributed by atoms with Crippen molar-refractivity contribution in [3.8, 4) is 0 Å². The van der Waals surface area contributed by atoms with Crippen molar-refractivity contribution in [2.45, 2.75) is 13.8 Å². The third-order valence-corrected chi connectivity index (χ3v) is 5.61. The predicted molar refractivity (Wildman–Crippen MR) is 143 cm³/mol. The van der Waals surface area contributed by atoms with Gasteiger partial charge in [0.2, 0.25) is 0 Å². The lowest BCUT2D eigenvalue weighted by molar-refractivity contribution is 0.102. The van der Waals surface area contributed by atoms with Crippen molar-refractivity contribution in [2.75, 3.05) is 16.0 Å². The molecule has 6 nitrogen and oxygen atoms in total. The van der Waals surface area contributed by atoms with Crippen molar-refractivity contribution in [3.05, 3.63) is 114 Å². The summed E-state index contributed by atoms with van der Waals surface area (Å²) >= 11 is 0. The SMILES string of the molecule is Cc1ccc2nccc(Nc3cccc(C(=O)Nc4cccc(Nc5ccnc(C)c5)c4)c3)c2c1. The molecule has 0 fully saturated rings. The number of carbonyl (C=O) groups excluding carboxylic acids is 1. The standard InChI is InChI=1S/C29H25N5O/c1-19-9-10-27-26(15-19)28(12-14-31-27)33-22-6-3-5-21(17-22)29(35)34-24-8-4-7-23(18-24)32-25-11-13-30-20(2)16-25/h3-18H,1-2H3,(H,30,32)(H,31,33)(H,34,35). The van der Waals surface area contributed by atoms with E-state index in [1.54, 1.807) is 18.5 Å². The van der Waals surface area contributed by atoms with Gasteiger partial charge in [0.05, 0.1) is 5.52 Å². The van der Waals surface area contributed by atoms with Gasteiger partial charge < -0.3 is 16.0 Å². The Morgan fingerprint density at radius 2 is 1.43 bits per heavy atom. The van der Waals surface area contributed by atoms with Crippen LogP contribution < -0.4 is 16.0 Å². The van der Waals surface area contributed by atoms with Gasteiger partial charge in [-0.3, -0.25) is 14.8 Å². The zero-order valence-electron chi connectivity index (χ0n) is 19.5. The van der Waals surface area contributed by atoms with E-state index in [-0.39, 0.29) is 5.91 Å². The van der Waals surface area contributed by atoms with Crippen molar-refractivity contribution in [2.24, 2.45) is 0 Å².